The highest BCUT2D eigenvalue weighted by Gasteiger charge is 2.23. The van der Waals surface area contributed by atoms with Gasteiger partial charge in [0.2, 0.25) is 0 Å². The molecule has 0 aromatic heterocycles. The van der Waals surface area contributed by atoms with Crippen LogP contribution in [-0.2, 0) is 4.79 Å². The molecule has 0 bridgehead atoms. The minimum atomic E-state index is -1.13. The standard InChI is InChI=1S/C21H18O5/c22-18-11-10-17(15-8-4-5-9-16(15)18)21(25)19(12-13-20(23)24)26-14-6-2-1-3-7-14/h1-13,19,21-22,25H,(H,23,24)/b13-12+/t19-,21-/m0/s1. The highest BCUT2D eigenvalue weighted by Crippen LogP contribution is 2.33. The molecule has 0 saturated carbocycles. The zero-order valence-corrected chi connectivity index (χ0v) is 13.8. The second kappa shape index (κ2) is 7.72. The van der Waals surface area contributed by atoms with E-state index in [1.807, 2.05) is 6.07 Å². The van der Waals surface area contributed by atoms with Crippen molar-refractivity contribution in [3.63, 3.8) is 0 Å². The summed E-state index contributed by atoms with van der Waals surface area (Å²) < 4.78 is 5.80. The Bertz CT molecular complexity index is 934. The number of phenolic OH excluding ortho intramolecular Hbond substituents is 1. The molecule has 132 valence electrons. The minimum Gasteiger partial charge on any atom is -0.507 e. The van der Waals surface area contributed by atoms with E-state index in [9.17, 15) is 15.0 Å². The predicted octanol–water partition coefficient (Wildman–Crippen LogP) is 3.67. The average Bonchev–Trinajstić information content (AvgIpc) is 2.66. The molecule has 0 aliphatic heterocycles. The fourth-order valence-corrected chi connectivity index (χ4v) is 2.78. The summed E-state index contributed by atoms with van der Waals surface area (Å²) in [5.41, 5.74) is 0.536. The summed E-state index contributed by atoms with van der Waals surface area (Å²) in [5, 5.41) is 31.1. The van der Waals surface area contributed by atoms with Crippen LogP contribution >= 0.6 is 0 Å². The number of aromatic hydroxyl groups is 1. The van der Waals surface area contributed by atoms with Crippen molar-refractivity contribution in [3.05, 3.63) is 84.4 Å². The van der Waals surface area contributed by atoms with Crippen LogP contribution in [0.4, 0.5) is 0 Å². The summed E-state index contributed by atoms with van der Waals surface area (Å²) in [6, 6.07) is 19.1. The molecule has 0 heterocycles. The molecule has 5 nitrogen and oxygen atoms in total. The molecule has 0 radical (unpaired) electrons. The van der Waals surface area contributed by atoms with Gasteiger partial charge in [0, 0.05) is 11.5 Å². The second-order valence-electron chi connectivity index (χ2n) is 5.76. The number of hydrogen-bond donors (Lipinski definition) is 3. The van der Waals surface area contributed by atoms with Crippen molar-refractivity contribution in [2.24, 2.45) is 0 Å². The first kappa shape index (κ1) is 17.5. The number of carboxylic acid groups (broad SMARTS) is 1. The number of benzene rings is 3. The number of rotatable bonds is 6. The van der Waals surface area contributed by atoms with Crippen molar-refractivity contribution in [2.45, 2.75) is 12.2 Å². The number of aliphatic hydroxyl groups excluding tert-OH is 1. The molecule has 2 atom stereocenters. The molecule has 3 aromatic rings. The Balaban J connectivity index is 2.01. The van der Waals surface area contributed by atoms with Gasteiger partial charge in [0.25, 0.3) is 0 Å². The van der Waals surface area contributed by atoms with Crippen molar-refractivity contribution >= 4 is 16.7 Å². The number of fused-ring (bicyclic) bond motifs is 1. The fraction of sp³-hybridized carbons (Fsp3) is 0.0952. The van der Waals surface area contributed by atoms with E-state index in [2.05, 4.69) is 0 Å². The van der Waals surface area contributed by atoms with Gasteiger partial charge in [0.1, 0.15) is 23.7 Å². The van der Waals surface area contributed by atoms with Crippen LogP contribution in [0, 0.1) is 0 Å². The summed E-state index contributed by atoms with van der Waals surface area (Å²) in [6.45, 7) is 0. The summed E-state index contributed by atoms with van der Waals surface area (Å²) in [4.78, 5) is 10.9. The first-order valence-corrected chi connectivity index (χ1v) is 8.08. The SMILES string of the molecule is O=C(O)/C=C/[C@H](Oc1ccccc1)[C@@H](O)c1ccc(O)c2ccccc12. The zero-order valence-electron chi connectivity index (χ0n) is 13.8. The Morgan fingerprint density at radius 3 is 2.27 bits per heavy atom. The molecule has 3 aromatic carbocycles. The number of aliphatic hydroxyl groups is 1. The van der Waals surface area contributed by atoms with Crippen molar-refractivity contribution < 1.29 is 24.9 Å². The summed E-state index contributed by atoms with van der Waals surface area (Å²) in [7, 11) is 0. The van der Waals surface area contributed by atoms with Gasteiger partial charge in [-0.3, -0.25) is 0 Å². The maximum absolute atomic E-state index is 10.9. The van der Waals surface area contributed by atoms with Gasteiger partial charge in [-0.1, -0.05) is 48.5 Å². The Hall–Kier alpha value is -3.31. The topological polar surface area (TPSA) is 87.0 Å². The first-order valence-electron chi connectivity index (χ1n) is 8.08. The van der Waals surface area contributed by atoms with E-state index in [0.29, 0.717) is 22.1 Å². The summed E-state index contributed by atoms with van der Waals surface area (Å²) >= 11 is 0. The van der Waals surface area contributed by atoms with E-state index in [1.54, 1.807) is 54.6 Å². The number of para-hydroxylation sites is 1. The second-order valence-corrected chi connectivity index (χ2v) is 5.76. The third-order valence-electron chi connectivity index (χ3n) is 4.01. The summed E-state index contributed by atoms with van der Waals surface area (Å²) in [6.07, 6.45) is 0.207. The lowest BCUT2D eigenvalue weighted by Gasteiger charge is -2.23. The van der Waals surface area contributed by atoms with Gasteiger partial charge in [-0.25, -0.2) is 4.79 Å². The number of carboxylic acids is 1. The minimum absolute atomic E-state index is 0.109. The van der Waals surface area contributed by atoms with E-state index >= 15 is 0 Å². The van der Waals surface area contributed by atoms with Gasteiger partial charge in [-0.05, 0) is 35.2 Å². The number of hydrogen-bond acceptors (Lipinski definition) is 4. The van der Waals surface area contributed by atoms with Crippen LogP contribution in [0.5, 0.6) is 11.5 Å². The quantitative estimate of drug-likeness (QED) is 0.591. The van der Waals surface area contributed by atoms with Crippen LogP contribution in [-0.4, -0.2) is 27.4 Å². The summed E-state index contributed by atoms with van der Waals surface area (Å²) in [5.74, 6) is -0.512. The lowest BCUT2D eigenvalue weighted by atomic mass is 9.96. The lowest BCUT2D eigenvalue weighted by molar-refractivity contribution is -0.131. The van der Waals surface area contributed by atoms with Crippen molar-refractivity contribution in [2.75, 3.05) is 0 Å². The molecule has 3 rings (SSSR count). The van der Waals surface area contributed by atoms with E-state index in [0.717, 1.165) is 6.08 Å². The smallest absolute Gasteiger partial charge is 0.328 e. The Labute approximate surface area is 150 Å². The third-order valence-corrected chi connectivity index (χ3v) is 4.01. The van der Waals surface area contributed by atoms with E-state index < -0.39 is 18.2 Å². The number of ether oxygens (including phenoxy) is 1. The van der Waals surface area contributed by atoms with Crippen molar-refractivity contribution in [3.8, 4) is 11.5 Å². The van der Waals surface area contributed by atoms with Crippen molar-refractivity contribution in [1.29, 1.82) is 0 Å². The zero-order chi connectivity index (χ0) is 18.5. The molecule has 3 N–H and O–H groups in total. The Kier molecular flexibility index (Phi) is 5.20. The van der Waals surface area contributed by atoms with Crippen LogP contribution in [0.1, 0.15) is 11.7 Å². The highest BCUT2D eigenvalue weighted by atomic mass is 16.5. The monoisotopic (exact) mass is 350 g/mol. The number of carbonyl (C=O) groups is 1. The van der Waals surface area contributed by atoms with Crippen LogP contribution in [0.25, 0.3) is 10.8 Å². The van der Waals surface area contributed by atoms with E-state index in [-0.39, 0.29) is 5.75 Å². The van der Waals surface area contributed by atoms with Gasteiger partial charge in [-0.15, -0.1) is 0 Å². The highest BCUT2D eigenvalue weighted by molar-refractivity contribution is 5.91. The van der Waals surface area contributed by atoms with Crippen LogP contribution in [0.15, 0.2) is 78.9 Å². The first-order chi connectivity index (χ1) is 12.6. The molecule has 0 aliphatic rings. The molecule has 0 unspecified atom stereocenters. The van der Waals surface area contributed by atoms with Crippen molar-refractivity contribution in [1.82, 2.24) is 0 Å². The largest absolute Gasteiger partial charge is 0.507 e. The number of phenols is 1. The Morgan fingerprint density at radius 1 is 0.923 bits per heavy atom. The van der Waals surface area contributed by atoms with Gasteiger partial charge in [-0.2, -0.15) is 0 Å². The Morgan fingerprint density at radius 2 is 1.58 bits per heavy atom. The van der Waals surface area contributed by atoms with E-state index in [1.165, 1.54) is 12.1 Å². The van der Waals surface area contributed by atoms with Gasteiger partial charge in [0.15, 0.2) is 0 Å². The van der Waals surface area contributed by atoms with Crippen LogP contribution in [0.3, 0.4) is 0 Å². The average molecular weight is 350 g/mol. The van der Waals surface area contributed by atoms with E-state index in [4.69, 9.17) is 9.84 Å². The maximum Gasteiger partial charge on any atom is 0.328 e. The third kappa shape index (κ3) is 3.84. The number of aliphatic carboxylic acids is 1. The molecule has 5 heteroatoms. The van der Waals surface area contributed by atoms with Gasteiger partial charge < -0.3 is 20.1 Å². The molecular formula is C21H18O5. The molecule has 0 saturated heterocycles. The van der Waals surface area contributed by atoms with Crippen LogP contribution < -0.4 is 4.74 Å². The van der Waals surface area contributed by atoms with Crippen LogP contribution in [0.2, 0.25) is 0 Å². The van der Waals surface area contributed by atoms with Gasteiger partial charge >= 0.3 is 5.97 Å². The maximum atomic E-state index is 10.9. The molecule has 0 spiro atoms. The molecular weight excluding hydrogens is 332 g/mol. The molecule has 0 fully saturated rings. The fourth-order valence-electron chi connectivity index (χ4n) is 2.78. The molecule has 26 heavy (non-hydrogen) atoms. The van der Waals surface area contributed by atoms with Gasteiger partial charge in [0.05, 0.1) is 0 Å². The normalized spacial score (nSPS) is 13.6. The lowest BCUT2D eigenvalue weighted by Crippen LogP contribution is -2.23. The molecule has 0 aliphatic carbocycles. The molecule has 0 amide bonds. The predicted molar refractivity (Wildman–Crippen MR) is 98.2 cm³/mol.